The second-order valence-electron chi connectivity index (χ2n) is 8.87. The molecular weight excluding hydrogens is 474 g/mol. The predicted molar refractivity (Wildman–Crippen MR) is 138 cm³/mol. The molecule has 190 valence electrons. The van der Waals surface area contributed by atoms with Gasteiger partial charge in [-0.25, -0.2) is 0 Å². The Bertz CT molecular complexity index is 1490. The van der Waals surface area contributed by atoms with E-state index in [4.69, 9.17) is 13.9 Å². The quantitative estimate of drug-likeness (QED) is 0.406. The number of ether oxygens (including phenoxy) is 2. The van der Waals surface area contributed by atoms with Gasteiger partial charge >= 0.3 is 0 Å². The Morgan fingerprint density at radius 2 is 1.70 bits per heavy atom. The minimum absolute atomic E-state index is 0.0208. The van der Waals surface area contributed by atoms with Crippen LogP contribution in [0.3, 0.4) is 0 Å². The molecule has 2 heterocycles. The van der Waals surface area contributed by atoms with Crippen LogP contribution in [0.15, 0.2) is 75.9 Å². The summed E-state index contributed by atoms with van der Waals surface area (Å²) >= 11 is 0. The first-order valence-corrected chi connectivity index (χ1v) is 12.0. The Morgan fingerprint density at radius 3 is 2.43 bits per heavy atom. The summed E-state index contributed by atoms with van der Waals surface area (Å²) in [5, 5.41) is 21.7. The number of carbonyl (C=O) groups is 1. The number of nitrogens with zero attached hydrogens (tertiary/aromatic N) is 1. The van der Waals surface area contributed by atoms with Gasteiger partial charge in [0, 0.05) is 54.3 Å². The first kappa shape index (κ1) is 24.4. The number of fused-ring (bicyclic) bond motifs is 1. The molecule has 3 aromatic carbocycles. The Morgan fingerprint density at radius 1 is 1.00 bits per heavy atom. The van der Waals surface area contributed by atoms with Gasteiger partial charge in [0.2, 0.25) is 5.91 Å². The molecule has 37 heavy (non-hydrogen) atoms. The zero-order valence-electron chi connectivity index (χ0n) is 20.3. The molecule has 0 aliphatic carbocycles. The van der Waals surface area contributed by atoms with E-state index < -0.39 is 17.1 Å². The summed E-state index contributed by atoms with van der Waals surface area (Å²) in [4.78, 5) is 28.3. The zero-order chi connectivity index (χ0) is 25.9. The van der Waals surface area contributed by atoms with Gasteiger partial charge < -0.3 is 29.0 Å². The van der Waals surface area contributed by atoms with E-state index in [0.717, 1.165) is 6.07 Å². The largest absolute Gasteiger partial charge is 0.507 e. The summed E-state index contributed by atoms with van der Waals surface area (Å²) in [5.74, 6) is -0.760. The van der Waals surface area contributed by atoms with Gasteiger partial charge in [0.15, 0.2) is 5.43 Å². The van der Waals surface area contributed by atoms with E-state index in [9.17, 15) is 19.8 Å². The predicted octanol–water partition coefficient (Wildman–Crippen LogP) is 4.26. The van der Waals surface area contributed by atoms with Crippen LogP contribution >= 0.6 is 0 Å². The third kappa shape index (κ3) is 4.75. The van der Waals surface area contributed by atoms with Gasteiger partial charge in [-0.15, -0.1) is 0 Å². The van der Waals surface area contributed by atoms with Crippen LogP contribution in [0.5, 0.6) is 17.2 Å². The van der Waals surface area contributed by atoms with Gasteiger partial charge in [0.25, 0.3) is 0 Å². The van der Waals surface area contributed by atoms with E-state index in [0.29, 0.717) is 43.2 Å². The number of aromatic hydroxyl groups is 2. The molecule has 1 amide bonds. The number of para-hydroxylation sites is 1. The maximum Gasteiger partial charge on any atom is 0.223 e. The van der Waals surface area contributed by atoms with E-state index in [1.807, 2.05) is 36.4 Å². The zero-order valence-corrected chi connectivity index (χ0v) is 20.3. The average Bonchev–Trinajstić information content (AvgIpc) is 2.92. The van der Waals surface area contributed by atoms with Crippen molar-refractivity contribution in [1.29, 1.82) is 0 Å². The Balaban J connectivity index is 1.75. The Hall–Kier alpha value is -4.30. The fraction of sp³-hybridized carbons (Fsp3) is 0.241. The molecule has 0 radical (unpaired) electrons. The van der Waals surface area contributed by atoms with E-state index in [-0.39, 0.29) is 40.4 Å². The maximum atomic E-state index is 13.4. The smallest absolute Gasteiger partial charge is 0.223 e. The SMILES string of the molecule is COc1ccccc1[C@@H](CC(=O)N1CCOCC1)c1c(O)cc(O)c2c(=O)cc(-c3ccccc3)oc12. The molecule has 1 fully saturated rings. The van der Waals surface area contributed by atoms with Crippen LogP contribution in [-0.2, 0) is 9.53 Å². The van der Waals surface area contributed by atoms with Gasteiger partial charge in [0.1, 0.15) is 34.0 Å². The molecule has 1 atom stereocenters. The fourth-order valence-corrected chi connectivity index (χ4v) is 4.84. The summed E-state index contributed by atoms with van der Waals surface area (Å²) in [6.07, 6.45) is -0.0208. The van der Waals surface area contributed by atoms with Crippen molar-refractivity contribution in [2.75, 3.05) is 33.4 Å². The number of methoxy groups -OCH3 is 1. The second-order valence-corrected chi connectivity index (χ2v) is 8.87. The number of phenolic OH excluding ortho intramolecular Hbond substituents is 2. The topological polar surface area (TPSA) is 109 Å². The van der Waals surface area contributed by atoms with Gasteiger partial charge in [-0.2, -0.15) is 0 Å². The number of carbonyl (C=O) groups excluding carboxylic acids is 1. The van der Waals surface area contributed by atoms with Gasteiger partial charge in [-0.3, -0.25) is 9.59 Å². The minimum Gasteiger partial charge on any atom is -0.507 e. The van der Waals surface area contributed by atoms with Crippen LogP contribution in [0, 0.1) is 0 Å². The highest BCUT2D eigenvalue weighted by Gasteiger charge is 2.31. The molecule has 0 spiro atoms. The number of phenols is 2. The number of morpholine rings is 1. The lowest BCUT2D eigenvalue weighted by molar-refractivity contribution is -0.135. The minimum atomic E-state index is -0.733. The molecule has 1 aromatic heterocycles. The summed E-state index contributed by atoms with van der Waals surface area (Å²) in [6, 6.07) is 18.7. The molecule has 1 aliphatic heterocycles. The molecule has 0 bridgehead atoms. The number of amides is 1. The molecule has 5 rings (SSSR count). The molecule has 8 heteroatoms. The highest BCUT2D eigenvalue weighted by Crippen LogP contribution is 2.45. The summed E-state index contributed by atoms with van der Waals surface area (Å²) in [7, 11) is 1.53. The third-order valence-electron chi connectivity index (χ3n) is 6.66. The van der Waals surface area contributed by atoms with E-state index in [2.05, 4.69) is 0 Å². The van der Waals surface area contributed by atoms with Crippen LogP contribution < -0.4 is 10.2 Å². The molecule has 1 saturated heterocycles. The van der Waals surface area contributed by atoms with Crippen molar-refractivity contribution in [2.45, 2.75) is 12.3 Å². The fourth-order valence-electron chi connectivity index (χ4n) is 4.84. The highest BCUT2D eigenvalue weighted by atomic mass is 16.5. The Kier molecular flexibility index (Phi) is 6.83. The van der Waals surface area contributed by atoms with Gasteiger partial charge in [0.05, 0.1) is 20.3 Å². The standard InChI is InChI=1S/C29H27NO7/c1-35-24-10-6-5-9-19(24)20(15-26(34)30-11-13-36-14-12-30)27-21(31)16-22(32)28-23(33)17-25(37-29(27)28)18-7-3-2-4-8-18/h2-10,16-17,20,31-32H,11-15H2,1H3/t20-/m1/s1. The lowest BCUT2D eigenvalue weighted by Gasteiger charge is -2.29. The number of rotatable bonds is 6. The van der Waals surface area contributed by atoms with Crippen molar-refractivity contribution in [2.24, 2.45) is 0 Å². The van der Waals surface area contributed by atoms with Crippen LogP contribution in [0.1, 0.15) is 23.5 Å². The number of benzene rings is 3. The summed E-state index contributed by atoms with van der Waals surface area (Å²) in [6.45, 7) is 1.83. The molecule has 0 saturated carbocycles. The molecular formula is C29H27NO7. The molecule has 0 unspecified atom stereocenters. The lowest BCUT2D eigenvalue weighted by atomic mass is 9.85. The van der Waals surface area contributed by atoms with Crippen LogP contribution in [0.25, 0.3) is 22.3 Å². The molecule has 1 aliphatic rings. The highest BCUT2D eigenvalue weighted by molar-refractivity contribution is 5.91. The van der Waals surface area contributed by atoms with Crippen molar-refractivity contribution >= 4 is 16.9 Å². The summed E-state index contributed by atoms with van der Waals surface area (Å²) < 4.78 is 17.2. The van der Waals surface area contributed by atoms with Crippen LogP contribution in [0.2, 0.25) is 0 Å². The van der Waals surface area contributed by atoms with Crippen molar-refractivity contribution in [3.05, 3.63) is 88.1 Å². The van der Waals surface area contributed by atoms with Gasteiger partial charge in [-0.1, -0.05) is 48.5 Å². The third-order valence-corrected chi connectivity index (χ3v) is 6.66. The van der Waals surface area contributed by atoms with Crippen molar-refractivity contribution in [1.82, 2.24) is 4.90 Å². The van der Waals surface area contributed by atoms with Crippen molar-refractivity contribution in [3.63, 3.8) is 0 Å². The van der Waals surface area contributed by atoms with Crippen molar-refractivity contribution < 1.29 is 28.9 Å². The monoisotopic (exact) mass is 501 g/mol. The van der Waals surface area contributed by atoms with E-state index in [1.165, 1.54) is 13.2 Å². The number of hydrogen-bond donors (Lipinski definition) is 2. The molecule has 4 aromatic rings. The average molecular weight is 502 g/mol. The van der Waals surface area contributed by atoms with Crippen LogP contribution in [0.4, 0.5) is 0 Å². The maximum absolute atomic E-state index is 13.4. The first-order valence-electron chi connectivity index (χ1n) is 12.0. The van der Waals surface area contributed by atoms with Gasteiger partial charge in [-0.05, 0) is 6.07 Å². The van der Waals surface area contributed by atoms with Crippen LogP contribution in [-0.4, -0.2) is 54.4 Å². The second kappa shape index (κ2) is 10.4. The Labute approximate surface area is 213 Å². The number of hydrogen-bond acceptors (Lipinski definition) is 7. The molecule has 2 N–H and O–H groups in total. The summed E-state index contributed by atoms with van der Waals surface area (Å²) in [5.41, 5.74) is 1.09. The van der Waals surface area contributed by atoms with E-state index in [1.54, 1.807) is 23.1 Å². The van der Waals surface area contributed by atoms with E-state index >= 15 is 0 Å². The normalized spacial score (nSPS) is 14.5. The lowest BCUT2D eigenvalue weighted by Crippen LogP contribution is -2.41. The first-order chi connectivity index (χ1) is 18.0. The molecule has 8 nitrogen and oxygen atoms in total. The van der Waals surface area contributed by atoms with Crippen molar-refractivity contribution in [3.8, 4) is 28.6 Å².